The number of tetrazole rings is 1. The largest absolute Gasteiger partial charge is 0.481 e. The van der Waals surface area contributed by atoms with Crippen molar-refractivity contribution in [2.24, 2.45) is 0 Å². The molecule has 1 heterocycles. The number of aromatic nitrogens is 4. The average Bonchev–Trinajstić information content (AvgIpc) is 2.97. The molecular formula is C11H19N5O2S. The molecule has 2 rings (SSSR count). The van der Waals surface area contributed by atoms with Gasteiger partial charge in [0, 0.05) is 5.54 Å². The highest BCUT2D eigenvalue weighted by Crippen LogP contribution is 2.35. The van der Waals surface area contributed by atoms with Gasteiger partial charge in [0.05, 0.1) is 12.3 Å². The van der Waals surface area contributed by atoms with E-state index in [4.69, 9.17) is 5.11 Å². The molecule has 0 radical (unpaired) electrons. The van der Waals surface area contributed by atoms with Crippen molar-refractivity contribution in [1.82, 2.24) is 25.1 Å². The van der Waals surface area contributed by atoms with Gasteiger partial charge < -0.3 is 10.0 Å². The van der Waals surface area contributed by atoms with E-state index in [0.717, 1.165) is 31.1 Å². The molecule has 7 nitrogen and oxygen atoms in total. The van der Waals surface area contributed by atoms with Gasteiger partial charge in [0.25, 0.3) is 0 Å². The second kappa shape index (κ2) is 5.87. The SMILES string of the molecule is CN(C)C1(Cn2nnnc2SCC(=O)O)CCCC1. The number of aliphatic carboxylic acids is 1. The molecule has 1 aromatic heterocycles. The molecule has 0 amide bonds. The van der Waals surface area contributed by atoms with Crippen LogP contribution >= 0.6 is 11.8 Å². The highest BCUT2D eigenvalue weighted by atomic mass is 32.2. The molecule has 1 aliphatic carbocycles. The second-order valence-corrected chi connectivity index (χ2v) is 6.07. The van der Waals surface area contributed by atoms with E-state index in [0.29, 0.717) is 5.16 Å². The van der Waals surface area contributed by atoms with Crippen LogP contribution in [0.1, 0.15) is 25.7 Å². The topological polar surface area (TPSA) is 84.1 Å². The summed E-state index contributed by atoms with van der Waals surface area (Å²) < 4.78 is 1.74. The number of thioether (sulfide) groups is 1. The summed E-state index contributed by atoms with van der Waals surface area (Å²) in [7, 11) is 4.17. The van der Waals surface area contributed by atoms with E-state index in [2.05, 4.69) is 34.5 Å². The molecule has 106 valence electrons. The zero-order valence-corrected chi connectivity index (χ0v) is 12.1. The summed E-state index contributed by atoms with van der Waals surface area (Å²) in [6, 6.07) is 0. The van der Waals surface area contributed by atoms with Crippen LogP contribution < -0.4 is 0 Å². The predicted octanol–water partition coefficient (Wildman–Crippen LogP) is 0.724. The fourth-order valence-electron chi connectivity index (χ4n) is 2.58. The van der Waals surface area contributed by atoms with Crippen LogP contribution in [0.25, 0.3) is 0 Å². The Morgan fingerprint density at radius 1 is 1.47 bits per heavy atom. The number of nitrogens with zero attached hydrogens (tertiary/aromatic N) is 5. The van der Waals surface area contributed by atoms with E-state index in [-0.39, 0.29) is 11.3 Å². The Bertz CT molecular complexity index is 442. The Balaban J connectivity index is 2.09. The highest BCUT2D eigenvalue weighted by Gasteiger charge is 2.37. The van der Waals surface area contributed by atoms with Crippen molar-refractivity contribution in [3.05, 3.63) is 0 Å². The molecule has 19 heavy (non-hydrogen) atoms. The Morgan fingerprint density at radius 3 is 2.74 bits per heavy atom. The lowest BCUT2D eigenvalue weighted by Gasteiger charge is -2.36. The van der Waals surface area contributed by atoms with Gasteiger partial charge in [0.15, 0.2) is 0 Å². The number of hydrogen-bond acceptors (Lipinski definition) is 6. The standard InChI is InChI=1S/C11H19N5O2S/c1-15(2)11(5-3-4-6-11)8-16-10(12-13-14-16)19-7-9(17)18/h3-8H2,1-2H3,(H,17,18). The third-order valence-electron chi connectivity index (χ3n) is 3.75. The van der Waals surface area contributed by atoms with Crippen LogP contribution in [0.4, 0.5) is 0 Å². The number of carbonyl (C=O) groups is 1. The Morgan fingerprint density at radius 2 is 2.16 bits per heavy atom. The van der Waals surface area contributed by atoms with E-state index in [1.807, 2.05) is 0 Å². The fourth-order valence-corrected chi connectivity index (χ4v) is 3.18. The van der Waals surface area contributed by atoms with Crippen LogP contribution in [0, 0.1) is 0 Å². The Labute approximate surface area is 116 Å². The Kier molecular flexibility index (Phi) is 4.41. The summed E-state index contributed by atoms with van der Waals surface area (Å²) in [6.45, 7) is 0.717. The quantitative estimate of drug-likeness (QED) is 0.771. The second-order valence-electron chi connectivity index (χ2n) is 5.13. The smallest absolute Gasteiger partial charge is 0.313 e. The van der Waals surface area contributed by atoms with Gasteiger partial charge in [-0.3, -0.25) is 4.79 Å². The van der Waals surface area contributed by atoms with Crippen LogP contribution in [0.2, 0.25) is 0 Å². The van der Waals surface area contributed by atoms with Crippen LogP contribution in [-0.4, -0.2) is 61.6 Å². The summed E-state index contributed by atoms with van der Waals surface area (Å²) in [5, 5.41) is 20.9. The molecule has 8 heteroatoms. The van der Waals surface area contributed by atoms with Gasteiger partial charge in [0.2, 0.25) is 5.16 Å². The van der Waals surface area contributed by atoms with Crippen molar-refractivity contribution in [3.8, 4) is 0 Å². The van der Waals surface area contributed by atoms with Gasteiger partial charge in [-0.15, -0.1) is 5.10 Å². The van der Waals surface area contributed by atoms with Gasteiger partial charge in [0.1, 0.15) is 0 Å². The lowest BCUT2D eigenvalue weighted by atomic mass is 9.96. The minimum Gasteiger partial charge on any atom is -0.481 e. The first-order valence-corrected chi connectivity index (χ1v) is 7.30. The van der Waals surface area contributed by atoms with Crippen LogP contribution in [0.3, 0.4) is 0 Å². The van der Waals surface area contributed by atoms with Crippen LogP contribution in [0.5, 0.6) is 0 Å². The van der Waals surface area contributed by atoms with Crippen molar-refractivity contribution in [1.29, 1.82) is 0 Å². The van der Waals surface area contributed by atoms with Gasteiger partial charge in [-0.1, -0.05) is 24.6 Å². The molecule has 0 unspecified atom stereocenters. The van der Waals surface area contributed by atoms with Crippen molar-refractivity contribution >= 4 is 17.7 Å². The molecule has 1 fully saturated rings. The van der Waals surface area contributed by atoms with Crippen molar-refractivity contribution < 1.29 is 9.90 Å². The third-order valence-corrected chi connectivity index (χ3v) is 4.69. The zero-order valence-electron chi connectivity index (χ0n) is 11.2. The summed E-state index contributed by atoms with van der Waals surface area (Å²) in [6.07, 6.45) is 4.70. The third kappa shape index (κ3) is 3.24. The number of hydrogen-bond donors (Lipinski definition) is 1. The number of likely N-dealkylation sites (N-methyl/N-ethyl adjacent to an activating group) is 1. The van der Waals surface area contributed by atoms with Gasteiger partial charge in [-0.2, -0.15) is 0 Å². The Hall–Kier alpha value is -1.15. The predicted molar refractivity (Wildman–Crippen MR) is 71.1 cm³/mol. The molecule has 1 aliphatic rings. The van der Waals surface area contributed by atoms with Crippen LogP contribution in [0.15, 0.2) is 5.16 Å². The average molecular weight is 285 g/mol. The minimum atomic E-state index is -0.859. The number of rotatable bonds is 6. The molecule has 0 aromatic carbocycles. The van der Waals surface area contributed by atoms with E-state index < -0.39 is 5.97 Å². The van der Waals surface area contributed by atoms with Gasteiger partial charge in [-0.25, -0.2) is 4.68 Å². The fraction of sp³-hybridized carbons (Fsp3) is 0.818. The summed E-state index contributed by atoms with van der Waals surface area (Å²) >= 11 is 1.16. The van der Waals surface area contributed by atoms with E-state index >= 15 is 0 Å². The number of carboxylic acids is 1. The van der Waals surface area contributed by atoms with E-state index in [1.54, 1.807) is 4.68 Å². The zero-order chi connectivity index (χ0) is 13.9. The van der Waals surface area contributed by atoms with Crippen molar-refractivity contribution in [2.45, 2.75) is 42.9 Å². The first-order chi connectivity index (χ1) is 9.03. The maximum atomic E-state index is 10.6. The molecule has 0 atom stereocenters. The normalized spacial score (nSPS) is 18.1. The van der Waals surface area contributed by atoms with Crippen molar-refractivity contribution in [2.75, 3.05) is 19.8 Å². The first kappa shape index (κ1) is 14.3. The van der Waals surface area contributed by atoms with Crippen LogP contribution in [-0.2, 0) is 11.3 Å². The maximum absolute atomic E-state index is 10.6. The lowest BCUT2D eigenvalue weighted by Crippen LogP contribution is -2.45. The molecule has 1 N–H and O–H groups in total. The lowest BCUT2D eigenvalue weighted by molar-refractivity contribution is -0.133. The minimum absolute atomic E-state index is 0.0185. The highest BCUT2D eigenvalue weighted by molar-refractivity contribution is 7.99. The maximum Gasteiger partial charge on any atom is 0.313 e. The molecule has 0 spiro atoms. The molecule has 0 bridgehead atoms. The molecule has 0 aliphatic heterocycles. The summed E-state index contributed by atoms with van der Waals surface area (Å²) in [4.78, 5) is 12.9. The van der Waals surface area contributed by atoms with Gasteiger partial charge >= 0.3 is 5.97 Å². The van der Waals surface area contributed by atoms with E-state index in [1.165, 1.54) is 12.8 Å². The summed E-state index contributed by atoms with van der Waals surface area (Å²) in [5.74, 6) is -0.877. The monoisotopic (exact) mass is 285 g/mol. The number of carboxylic acid groups (broad SMARTS) is 1. The summed E-state index contributed by atoms with van der Waals surface area (Å²) in [5.41, 5.74) is 0.0912. The van der Waals surface area contributed by atoms with Gasteiger partial charge in [-0.05, 0) is 37.4 Å². The molecule has 1 saturated carbocycles. The molecular weight excluding hydrogens is 266 g/mol. The molecule has 1 aromatic rings. The van der Waals surface area contributed by atoms with Crippen molar-refractivity contribution in [3.63, 3.8) is 0 Å². The first-order valence-electron chi connectivity index (χ1n) is 6.32. The molecule has 0 saturated heterocycles. The van der Waals surface area contributed by atoms with E-state index in [9.17, 15) is 4.79 Å².